The first-order chi connectivity index (χ1) is 27.2. The number of carbonyl (C=O) groups is 4. The van der Waals surface area contributed by atoms with Gasteiger partial charge in [0.2, 0.25) is 33.6 Å². The number of aromatic nitrogens is 1. The summed E-state index contributed by atoms with van der Waals surface area (Å²) in [5.41, 5.74) is -3.63. The van der Waals surface area contributed by atoms with Gasteiger partial charge in [0.15, 0.2) is 11.4 Å². The number of halogens is 3. The Hall–Kier alpha value is -4.21. The molecule has 2 aromatic rings. The number of methoxy groups -OCH3 is 1. The van der Waals surface area contributed by atoms with Crippen molar-refractivity contribution < 1.29 is 55.0 Å². The molecule has 58 heavy (non-hydrogen) atoms. The molecule has 2 saturated carbocycles. The number of carbonyl (C=O) groups excluding carboxylic acids is 4. The van der Waals surface area contributed by atoms with Crippen LogP contribution >= 0.6 is 0 Å². The van der Waals surface area contributed by atoms with Crippen molar-refractivity contribution in [2.45, 2.75) is 121 Å². The number of ketones is 1. The van der Waals surface area contributed by atoms with Crippen LogP contribution in [0.2, 0.25) is 0 Å². The number of alkyl halides is 3. The maximum atomic E-state index is 14.9. The summed E-state index contributed by atoms with van der Waals surface area (Å²) in [4.78, 5) is 62.8. The Morgan fingerprint density at radius 3 is 2.45 bits per heavy atom. The van der Waals surface area contributed by atoms with E-state index in [0.29, 0.717) is 31.6 Å². The largest absolute Gasteiger partial charge is 0.481 e. The number of rotatable bonds is 11. The van der Waals surface area contributed by atoms with Gasteiger partial charge in [0, 0.05) is 31.2 Å². The lowest BCUT2D eigenvalue weighted by molar-refractivity contribution is -0.197. The molecule has 2 aliphatic carbocycles. The number of amides is 2. The number of Topliss-reactive ketones (excluding diaryl/α,β-unsaturated/α-hetero) is 1. The number of nitrogens with zero attached hydrogens (tertiary/aromatic N) is 2. The summed E-state index contributed by atoms with van der Waals surface area (Å²) in [5, 5.41) is 1.41. The van der Waals surface area contributed by atoms with Crippen molar-refractivity contribution in [2.75, 3.05) is 20.3 Å². The summed E-state index contributed by atoms with van der Waals surface area (Å²) in [6.45, 7) is 5.38. The van der Waals surface area contributed by atoms with Gasteiger partial charge in [-0.25, -0.2) is 21.6 Å². The zero-order valence-electron chi connectivity index (χ0n) is 33.9. The van der Waals surface area contributed by atoms with Gasteiger partial charge in [0.05, 0.1) is 37.5 Å². The first-order valence-electron chi connectivity index (χ1n) is 20.0. The Bertz CT molecular complexity index is 2070. The van der Waals surface area contributed by atoms with Gasteiger partial charge in [-0.3, -0.25) is 23.9 Å². The topological polar surface area (TPSA) is 158 Å². The molecule has 0 radical (unpaired) electrons. The van der Waals surface area contributed by atoms with Crippen molar-refractivity contribution >= 4 is 44.4 Å². The number of pyridine rings is 1. The highest BCUT2D eigenvalue weighted by atomic mass is 32.2. The first-order valence-corrected chi connectivity index (χ1v) is 21.5. The Kier molecular flexibility index (Phi) is 12.0. The van der Waals surface area contributed by atoms with E-state index in [1.807, 2.05) is 38.1 Å². The Labute approximate surface area is 337 Å². The van der Waals surface area contributed by atoms with Gasteiger partial charge >= 0.3 is 5.97 Å². The smallest absolute Gasteiger partial charge is 0.307 e. The second-order valence-corrected chi connectivity index (χ2v) is 19.6. The highest BCUT2D eigenvalue weighted by Crippen LogP contribution is 2.58. The number of sulfonamides is 1. The van der Waals surface area contributed by atoms with E-state index >= 15 is 0 Å². The van der Waals surface area contributed by atoms with Gasteiger partial charge in [0.1, 0.15) is 17.5 Å². The SMILES string of the molecule is COc1cc2ccccc2c(O[C@@H]2C[C@H]3C(=O)C[C@]4(C(=O)NS(=O)(=O)C5(CF)CC5)C[C@H]4/C=C\CC[C@H](C)C[C@@H](C)[C@H](CC(=O)OC(C)(C)C(C)(F)F)C(=O)N3C2)n1. The van der Waals surface area contributed by atoms with Crippen molar-refractivity contribution in [3.63, 3.8) is 0 Å². The van der Waals surface area contributed by atoms with Crippen LogP contribution in [0.1, 0.15) is 92.4 Å². The predicted octanol–water partition coefficient (Wildman–Crippen LogP) is 6.50. The molecule has 318 valence electrons. The van der Waals surface area contributed by atoms with Gasteiger partial charge in [-0.2, -0.15) is 4.98 Å². The van der Waals surface area contributed by atoms with Gasteiger partial charge < -0.3 is 19.1 Å². The Morgan fingerprint density at radius 1 is 1.09 bits per heavy atom. The van der Waals surface area contributed by atoms with Gasteiger partial charge in [0.25, 0.3) is 5.92 Å². The van der Waals surface area contributed by atoms with E-state index in [2.05, 4.69) is 9.71 Å². The molecule has 1 N–H and O–H groups in total. The maximum Gasteiger partial charge on any atom is 0.307 e. The molecule has 0 bridgehead atoms. The average molecular weight is 834 g/mol. The molecule has 6 rings (SSSR count). The highest BCUT2D eigenvalue weighted by Gasteiger charge is 2.63. The molecule has 0 unspecified atom stereocenters. The third-order valence-electron chi connectivity index (χ3n) is 12.8. The third kappa shape index (κ3) is 8.72. The van der Waals surface area contributed by atoms with Gasteiger partial charge in [-0.15, -0.1) is 0 Å². The van der Waals surface area contributed by atoms with Crippen molar-refractivity contribution in [1.82, 2.24) is 14.6 Å². The third-order valence-corrected chi connectivity index (χ3v) is 14.9. The molecule has 1 aromatic heterocycles. The summed E-state index contributed by atoms with van der Waals surface area (Å²) in [5.74, 6) is -7.88. The molecule has 3 heterocycles. The van der Waals surface area contributed by atoms with Gasteiger partial charge in [-0.05, 0) is 81.6 Å². The normalized spacial score (nSPS) is 29.6. The number of fused-ring (bicyclic) bond motifs is 3. The number of ether oxygens (including phenoxy) is 3. The van der Waals surface area contributed by atoms with Crippen LogP contribution in [0.15, 0.2) is 42.5 Å². The predicted molar refractivity (Wildman–Crippen MR) is 208 cm³/mol. The summed E-state index contributed by atoms with van der Waals surface area (Å²) >= 11 is 0. The van der Waals surface area contributed by atoms with E-state index in [-0.39, 0.29) is 49.9 Å². The number of allylic oxidation sites excluding steroid dienone is 2. The van der Waals surface area contributed by atoms with Crippen molar-refractivity contribution in [2.24, 2.45) is 29.1 Å². The van der Waals surface area contributed by atoms with Crippen LogP contribution < -0.4 is 14.2 Å². The minimum atomic E-state index is -4.39. The zero-order chi connectivity index (χ0) is 42.4. The molecule has 1 saturated heterocycles. The molecule has 4 aliphatic rings. The second kappa shape index (κ2) is 16.1. The van der Waals surface area contributed by atoms with Crippen molar-refractivity contribution in [3.05, 3.63) is 42.5 Å². The summed E-state index contributed by atoms with van der Waals surface area (Å²) in [6.07, 6.45) is 3.98. The molecule has 2 aliphatic heterocycles. The van der Waals surface area contributed by atoms with Crippen LogP contribution in [0, 0.1) is 29.1 Å². The molecule has 0 spiro atoms. The molecular weight excluding hydrogens is 780 g/mol. The maximum absolute atomic E-state index is 14.9. The molecule has 16 heteroatoms. The minimum Gasteiger partial charge on any atom is -0.481 e. The average Bonchev–Trinajstić information content (AvgIpc) is 4.06. The number of esters is 1. The fourth-order valence-corrected chi connectivity index (χ4v) is 9.78. The number of nitrogens with one attached hydrogen (secondary N) is 1. The number of benzene rings is 1. The summed E-state index contributed by atoms with van der Waals surface area (Å²) in [7, 11) is -2.93. The molecule has 3 fully saturated rings. The van der Waals surface area contributed by atoms with E-state index in [0.717, 1.165) is 19.2 Å². The molecule has 1 aromatic carbocycles. The fourth-order valence-electron chi connectivity index (χ4n) is 8.33. The van der Waals surface area contributed by atoms with Crippen LogP contribution in [0.25, 0.3) is 10.8 Å². The quantitative estimate of drug-likeness (QED) is 0.196. The second-order valence-electron chi connectivity index (χ2n) is 17.5. The highest BCUT2D eigenvalue weighted by molar-refractivity contribution is 7.91. The fraction of sp³-hybridized carbons (Fsp3) is 0.643. The summed E-state index contributed by atoms with van der Waals surface area (Å²) < 4.78 is 86.8. The summed E-state index contributed by atoms with van der Waals surface area (Å²) in [6, 6.07) is 7.86. The standard InChI is InChI=1S/C42H54F3N3O9S/c1-25-11-7-9-13-28-21-42(28,38(52)47-58(53,54)41(24-43)15-16-41)22-33(49)32-19-29(56-36-30-14-10-8-12-27(30)18-34(46-36)55-6)23-48(32)37(51)31(26(2)17-25)20-35(50)57-39(3,4)40(5,44)45/h8-10,12-14,18,25-26,28-29,31-32H,7,11,15-17,19-24H2,1-6H3,(H,47,52)/b13-9-/t25-,26+,28+,29+,31-,32-,42+/m0/s1. The van der Waals surface area contributed by atoms with Crippen LogP contribution in [-0.2, 0) is 33.9 Å². The van der Waals surface area contributed by atoms with Crippen molar-refractivity contribution in [1.29, 1.82) is 0 Å². The van der Waals surface area contributed by atoms with Gasteiger partial charge in [-0.1, -0.05) is 44.2 Å². The van der Waals surface area contributed by atoms with E-state index in [1.165, 1.54) is 12.0 Å². The monoisotopic (exact) mass is 833 g/mol. The van der Waals surface area contributed by atoms with E-state index < -0.39 is 105 Å². The zero-order valence-corrected chi connectivity index (χ0v) is 34.7. The van der Waals surface area contributed by atoms with Crippen LogP contribution in [0.5, 0.6) is 11.8 Å². The van der Waals surface area contributed by atoms with E-state index in [1.54, 1.807) is 18.2 Å². The Morgan fingerprint density at radius 2 is 1.79 bits per heavy atom. The van der Waals surface area contributed by atoms with E-state index in [9.17, 15) is 40.8 Å². The number of hydrogen-bond acceptors (Lipinski definition) is 10. The Balaban J connectivity index is 1.36. The minimum absolute atomic E-state index is 0.0315. The lowest BCUT2D eigenvalue weighted by atomic mass is 9.82. The van der Waals surface area contributed by atoms with E-state index in [4.69, 9.17) is 14.2 Å². The lowest BCUT2D eigenvalue weighted by Gasteiger charge is -2.34. The van der Waals surface area contributed by atoms with Crippen LogP contribution in [0.4, 0.5) is 13.2 Å². The molecular formula is C42H54F3N3O9S. The van der Waals surface area contributed by atoms with Crippen LogP contribution in [-0.4, -0.2) is 90.6 Å². The van der Waals surface area contributed by atoms with Crippen molar-refractivity contribution in [3.8, 4) is 11.8 Å². The first kappa shape index (κ1) is 43.4. The molecule has 7 atom stereocenters. The van der Waals surface area contributed by atoms with Crippen LogP contribution in [0.3, 0.4) is 0 Å². The molecule has 12 nitrogen and oxygen atoms in total. The number of hydrogen-bond donors (Lipinski definition) is 1. The lowest BCUT2D eigenvalue weighted by Crippen LogP contribution is -2.49. The molecule has 2 amide bonds.